The molecule has 0 saturated heterocycles. The molecule has 0 bridgehead atoms. The van der Waals surface area contributed by atoms with Gasteiger partial charge in [0.05, 0.1) is 0 Å². The van der Waals surface area contributed by atoms with E-state index in [0.29, 0.717) is 25.3 Å². The van der Waals surface area contributed by atoms with Crippen molar-refractivity contribution in [3.63, 3.8) is 0 Å². The molecule has 1 amide bonds. The minimum Gasteiger partial charge on any atom is -0.396 e. The summed E-state index contributed by atoms with van der Waals surface area (Å²) in [6.45, 7) is 4.89. The Labute approximate surface area is 86.1 Å². The fourth-order valence-electron chi connectivity index (χ4n) is 1.23. The molecule has 0 aromatic carbocycles. The first-order valence-corrected chi connectivity index (χ1v) is 5.16. The molecule has 0 rings (SSSR count). The summed E-state index contributed by atoms with van der Waals surface area (Å²) in [6.07, 6.45) is 1.12. The van der Waals surface area contributed by atoms with Gasteiger partial charge in [-0.05, 0) is 19.4 Å². The number of carbonyl (C=O) groups is 1. The minimum absolute atomic E-state index is 0.0477. The molecule has 0 aromatic heterocycles. The molecule has 0 fully saturated rings. The van der Waals surface area contributed by atoms with Crippen LogP contribution in [-0.4, -0.2) is 37.3 Å². The maximum Gasteiger partial charge on any atom is 0.221 e. The Bertz CT molecular complexity index is 160. The third-order valence-corrected chi connectivity index (χ3v) is 2.19. The summed E-state index contributed by atoms with van der Waals surface area (Å²) < 4.78 is 0. The predicted octanol–water partition coefficient (Wildman–Crippen LogP) is 0.119. The zero-order chi connectivity index (χ0) is 11.0. The van der Waals surface area contributed by atoms with Gasteiger partial charge in [0.15, 0.2) is 0 Å². The highest BCUT2D eigenvalue weighted by Crippen LogP contribution is 2.05. The van der Waals surface area contributed by atoms with Gasteiger partial charge in [0.1, 0.15) is 0 Å². The van der Waals surface area contributed by atoms with Gasteiger partial charge in [0, 0.05) is 25.6 Å². The summed E-state index contributed by atoms with van der Waals surface area (Å²) in [4.78, 5) is 11.4. The smallest absolute Gasteiger partial charge is 0.221 e. The molecule has 0 aromatic rings. The van der Waals surface area contributed by atoms with E-state index in [4.69, 9.17) is 5.11 Å². The summed E-state index contributed by atoms with van der Waals surface area (Å²) in [7, 11) is 1.82. The zero-order valence-corrected chi connectivity index (χ0v) is 9.34. The van der Waals surface area contributed by atoms with Crippen LogP contribution in [0, 0.1) is 5.92 Å². The third-order valence-electron chi connectivity index (χ3n) is 2.19. The van der Waals surface area contributed by atoms with Crippen molar-refractivity contribution >= 4 is 5.91 Å². The number of hydrogen-bond acceptors (Lipinski definition) is 3. The first-order chi connectivity index (χ1) is 6.61. The van der Waals surface area contributed by atoms with Crippen molar-refractivity contribution in [2.75, 3.05) is 20.2 Å². The molecule has 14 heavy (non-hydrogen) atoms. The number of nitrogens with one attached hydrogen (secondary N) is 2. The molecule has 4 nitrogen and oxygen atoms in total. The van der Waals surface area contributed by atoms with Crippen LogP contribution in [0.15, 0.2) is 0 Å². The number of aliphatic hydroxyl groups excluding tert-OH is 1. The van der Waals surface area contributed by atoms with Crippen molar-refractivity contribution in [2.24, 2.45) is 5.92 Å². The molecular weight excluding hydrogens is 180 g/mol. The molecular formula is C10H22N2O2. The number of aliphatic hydroxyl groups is 1. The molecule has 1 unspecified atom stereocenters. The van der Waals surface area contributed by atoms with E-state index in [1.807, 2.05) is 20.9 Å². The van der Waals surface area contributed by atoms with Crippen molar-refractivity contribution < 1.29 is 9.90 Å². The van der Waals surface area contributed by atoms with Crippen molar-refractivity contribution in [3.05, 3.63) is 0 Å². The molecule has 4 heteroatoms. The summed E-state index contributed by atoms with van der Waals surface area (Å²) in [5.74, 6) is 0.409. The van der Waals surface area contributed by atoms with Gasteiger partial charge in [-0.3, -0.25) is 4.79 Å². The standard InChI is InChI=1S/C10H22N2O2/c1-8(2)9(5-7-13)12-10(14)4-6-11-3/h8-9,11,13H,4-7H2,1-3H3,(H,12,14). The molecule has 0 heterocycles. The van der Waals surface area contributed by atoms with Gasteiger partial charge in [0.25, 0.3) is 0 Å². The van der Waals surface area contributed by atoms with Crippen LogP contribution in [-0.2, 0) is 4.79 Å². The van der Waals surface area contributed by atoms with Crippen LogP contribution >= 0.6 is 0 Å². The Kier molecular flexibility index (Phi) is 7.42. The highest BCUT2D eigenvalue weighted by atomic mass is 16.3. The topological polar surface area (TPSA) is 61.4 Å². The molecule has 84 valence electrons. The number of amides is 1. The number of rotatable bonds is 7. The van der Waals surface area contributed by atoms with E-state index in [9.17, 15) is 4.79 Å². The van der Waals surface area contributed by atoms with Crippen LogP contribution in [0.1, 0.15) is 26.7 Å². The van der Waals surface area contributed by atoms with Crippen molar-refractivity contribution in [1.29, 1.82) is 0 Å². The minimum atomic E-state index is 0.0477. The van der Waals surface area contributed by atoms with E-state index in [1.54, 1.807) is 0 Å². The van der Waals surface area contributed by atoms with Gasteiger partial charge in [-0.15, -0.1) is 0 Å². The van der Waals surface area contributed by atoms with E-state index in [0.717, 1.165) is 0 Å². The highest BCUT2D eigenvalue weighted by Gasteiger charge is 2.14. The fraction of sp³-hybridized carbons (Fsp3) is 0.900. The lowest BCUT2D eigenvalue weighted by molar-refractivity contribution is -0.122. The molecule has 1 atom stereocenters. The van der Waals surface area contributed by atoms with Gasteiger partial charge in [-0.1, -0.05) is 13.8 Å². The van der Waals surface area contributed by atoms with Crippen molar-refractivity contribution in [2.45, 2.75) is 32.7 Å². The van der Waals surface area contributed by atoms with Crippen LogP contribution < -0.4 is 10.6 Å². The summed E-state index contributed by atoms with van der Waals surface area (Å²) >= 11 is 0. The van der Waals surface area contributed by atoms with Crippen LogP contribution in [0.5, 0.6) is 0 Å². The van der Waals surface area contributed by atoms with E-state index >= 15 is 0 Å². The molecule has 0 radical (unpaired) electrons. The maximum absolute atomic E-state index is 11.4. The second-order valence-electron chi connectivity index (χ2n) is 3.78. The van der Waals surface area contributed by atoms with E-state index in [-0.39, 0.29) is 18.6 Å². The first kappa shape index (κ1) is 13.4. The monoisotopic (exact) mass is 202 g/mol. The van der Waals surface area contributed by atoms with E-state index in [1.165, 1.54) is 0 Å². The predicted molar refractivity (Wildman–Crippen MR) is 57.0 cm³/mol. The molecule has 0 aliphatic carbocycles. The van der Waals surface area contributed by atoms with Crippen LogP contribution in [0.4, 0.5) is 0 Å². The van der Waals surface area contributed by atoms with E-state index < -0.39 is 0 Å². The summed E-state index contributed by atoms with van der Waals surface area (Å²) in [6, 6.07) is 0.0874. The zero-order valence-electron chi connectivity index (χ0n) is 9.34. The Morgan fingerprint density at radius 1 is 1.43 bits per heavy atom. The molecule has 0 saturated carbocycles. The Hall–Kier alpha value is -0.610. The average Bonchev–Trinajstić information content (AvgIpc) is 2.14. The molecule has 0 aliphatic heterocycles. The van der Waals surface area contributed by atoms with Crippen LogP contribution in [0.2, 0.25) is 0 Å². The third kappa shape index (κ3) is 5.94. The van der Waals surface area contributed by atoms with Gasteiger partial charge in [-0.2, -0.15) is 0 Å². The average molecular weight is 202 g/mol. The highest BCUT2D eigenvalue weighted by molar-refractivity contribution is 5.76. The molecule has 0 aliphatic rings. The van der Waals surface area contributed by atoms with Crippen molar-refractivity contribution in [1.82, 2.24) is 10.6 Å². The summed E-state index contributed by atoms with van der Waals surface area (Å²) in [5, 5.41) is 14.6. The summed E-state index contributed by atoms with van der Waals surface area (Å²) in [5.41, 5.74) is 0. The number of hydrogen-bond donors (Lipinski definition) is 3. The van der Waals surface area contributed by atoms with Gasteiger partial charge in [0.2, 0.25) is 5.91 Å². The quantitative estimate of drug-likeness (QED) is 0.549. The second-order valence-corrected chi connectivity index (χ2v) is 3.78. The fourth-order valence-corrected chi connectivity index (χ4v) is 1.23. The Balaban J connectivity index is 3.83. The SMILES string of the molecule is CNCCC(=O)NC(CCO)C(C)C. The lowest BCUT2D eigenvalue weighted by Gasteiger charge is -2.21. The first-order valence-electron chi connectivity index (χ1n) is 5.16. The van der Waals surface area contributed by atoms with Crippen LogP contribution in [0.25, 0.3) is 0 Å². The maximum atomic E-state index is 11.4. The Morgan fingerprint density at radius 3 is 2.50 bits per heavy atom. The van der Waals surface area contributed by atoms with Crippen molar-refractivity contribution in [3.8, 4) is 0 Å². The van der Waals surface area contributed by atoms with Crippen LogP contribution in [0.3, 0.4) is 0 Å². The van der Waals surface area contributed by atoms with Gasteiger partial charge < -0.3 is 15.7 Å². The molecule has 0 spiro atoms. The van der Waals surface area contributed by atoms with Gasteiger partial charge >= 0.3 is 0 Å². The largest absolute Gasteiger partial charge is 0.396 e. The lowest BCUT2D eigenvalue weighted by atomic mass is 10.0. The Morgan fingerprint density at radius 2 is 2.07 bits per heavy atom. The number of carbonyl (C=O) groups excluding carboxylic acids is 1. The van der Waals surface area contributed by atoms with Gasteiger partial charge in [-0.25, -0.2) is 0 Å². The molecule has 3 N–H and O–H groups in total. The second kappa shape index (κ2) is 7.76. The normalized spacial score (nSPS) is 12.9. The van der Waals surface area contributed by atoms with E-state index in [2.05, 4.69) is 10.6 Å². The lowest BCUT2D eigenvalue weighted by Crippen LogP contribution is -2.40.